The second kappa shape index (κ2) is 9.10. The number of aliphatic hydroxyl groups excluding tert-OH is 1. The van der Waals surface area contributed by atoms with Gasteiger partial charge in [-0.05, 0) is 24.1 Å². The van der Waals surface area contributed by atoms with Crippen molar-refractivity contribution < 1.29 is 37.2 Å². The quantitative estimate of drug-likeness (QED) is 0.685. The fraction of sp³-hybridized carbons (Fsp3) is 0.421. The number of hydrogen-bond acceptors (Lipinski definition) is 6. The molecule has 1 aromatic carbocycles. The van der Waals surface area contributed by atoms with E-state index >= 15 is 0 Å². The van der Waals surface area contributed by atoms with E-state index in [9.17, 15) is 27.4 Å². The summed E-state index contributed by atoms with van der Waals surface area (Å²) in [5.41, 5.74) is -0.0569. The Kier molecular flexibility index (Phi) is 6.70. The van der Waals surface area contributed by atoms with Crippen molar-refractivity contribution in [3.63, 3.8) is 0 Å². The van der Waals surface area contributed by atoms with Gasteiger partial charge in [-0.25, -0.2) is 17.8 Å². The minimum absolute atomic E-state index is 0.0164. The van der Waals surface area contributed by atoms with Crippen molar-refractivity contribution in [1.82, 2.24) is 5.32 Å². The van der Waals surface area contributed by atoms with Gasteiger partial charge in [-0.15, -0.1) is 0 Å². The molecule has 2 aliphatic heterocycles. The summed E-state index contributed by atoms with van der Waals surface area (Å²) in [4.78, 5) is 35.4. The average Bonchev–Trinajstić information content (AvgIpc) is 3.08. The molecule has 0 aliphatic carbocycles. The number of anilines is 1. The first-order valence-electron chi connectivity index (χ1n) is 9.39. The molecule has 0 radical (unpaired) electrons. The van der Waals surface area contributed by atoms with E-state index in [2.05, 4.69) is 9.68 Å². The Morgan fingerprint density at radius 3 is 2.58 bits per heavy atom. The fourth-order valence-corrected chi connectivity index (χ4v) is 5.09. The summed E-state index contributed by atoms with van der Waals surface area (Å²) in [5, 5.41) is 11.3. The summed E-state index contributed by atoms with van der Waals surface area (Å²) in [6.07, 6.45) is -0.0384. The maximum Gasteiger partial charge on any atom is 0.414 e. The summed E-state index contributed by atoms with van der Waals surface area (Å²) >= 11 is 0. The van der Waals surface area contributed by atoms with Crippen LogP contribution in [0, 0.1) is 11.6 Å². The van der Waals surface area contributed by atoms with E-state index in [4.69, 9.17) is 9.84 Å². The van der Waals surface area contributed by atoms with Gasteiger partial charge >= 0.3 is 6.09 Å². The van der Waals surface area contributed by atoms with Crippen LogP contribution in [0.5, 0.6) is 0 Å². The number of amides is 3. The predicted molar refractivity (Wildman–Crippen MR) is 108 cm³/mol. The van der Waals surface area contributed by atoms with Gasteiger partial charge in [0.05, 0.1) is 34.3 Å². The van der Waals surface area contributed by atoms with E-state index in [1.807, 2.05) is 0 Å². The molecular formula is C19H21F2N3O6S. The summed E-state index contributed by atoms with van der Waals surface area (Å²) < 4.78 is 50.7. The monoisotopic (exact) mass is 457 g/mol. The largest absolute Gasteiger partial charge is 0.442 e. The summed E-state index contributed by atoms with van der Waals surface area (Å²) in [6, 6.07) is 2.01. The molecule has 2 N–H and O–H groups in total. The molecule has 0 saturated carbocycles. The zero-order chi connectivity index (χ0) is 22.8. The van der Waals surface area contributed by atoms with E-state index in [0.29, 0.717) is 0 Å². The molecule has 3 amide bonds. The van der Waals surface area contributed by atoms with E-state index in [1.54, 1.807) is 0 Å². The van der Waals surface area contributed by atoms with Crippen molar-refractivity contribution in [3.05, 3.63) is 35.4 Å². The summed E-state index contributed by atoms with van der Waals surface area (Å²) in [6.45, 7) is 0.553. The van der Waals surface area contributed by atoms with Crippen molar-refractivity contribution in [2.45, 2.75) is 19.4 Å². The van der Waals surface area contributed by atoms with Crippen molar-refractivity contribution in [3.8, 4) is 0 Å². The first-order chi connectivity index (χ1) is 14.6. The topological polar surface area (TPSA) is 125 Å². The number of allylic oxidation sites excluding steroid dienone is 1. The van der Waals surface area contributed by atoms with E-state index in [-0.39, 0.29) is 53.7 Å². The maximum atomic E-state index is 14.8. The Bertz CT molecular complexity index is 1060. The van der Waals surface area contributed by atoms with Crippen LogP contribution in [0.4, 0.5) is 19.3 Å². The summed E-state index contributed by atoms with van der Waals surface area (Å²) in [5.74, 6) is -3.26. The van der Waals surface area contributed by atoms with Gasteiger partial charge in [0.15, 0.2) is 0 Å². The van der Waals surface area contributed by atoms with E-state index in [0.717, 1.165) is 17.0 Å². The molecular weight excluding hydrogens is 436 g/mol. The number of nitrogens with one attached hydrogen (secondary N) is 1. The van der Waals surface area contributed by atoms with Crippen LogP contribution in [-0.4, -0.2) is 64.5 Å². The number of hydrogen-bond donors (Lipinski definition) is 2. The second-order valence-corrected chi connectivity index (χ2v) is 9.57. The minimum atomic E-state index is -2.92. The lowest BCUT2D eigenvalue weighted by atomic mass is 10.0. The molecule has 1 unspecified atom stereocenters. The third-order valence-corrected chi connectivity index (χ3v) is 6.86. The lowest BCUT2D eigenvalue weighted by molar-refractivity contribution is -0.120. The van der Waals surface area contributed by atoms with E-state index < -0.39 is 46.1 Å². The molecule has 168 valence electrons. The Hall–Kier alpha value is -2.86. The van der Waals surface area contributed by atoms with Crippen LogP contribution in [0.2, 0.25) is 0 Å². The van der Waals surface area contributed by atoms with Gasteiger partial charge in [0, 0.05) is 18.2 Å². The highest BCUT2D eigenvalue weighted by molar-refractivity contribution is 7.94. The molecule has 9 nitrogen and oxygen atoms in total. The van der Waals surface area contributed by atoms with Crippen LogP contribution in [0.25, 0.3) is 5.57 Å². The number of benzene rings is 1. The fourth-order valence-electron chi connectivity index (χ4n) is 3.33. The third kappa shape index (κ3) is 5.25. The molecule has 1 fully saturated rings. The molecule has 1 aromatic rings. The molecule has 0 spiro atoms. The van der Waals surface area contributed by atoms with Crippen LogP contribution in [0.3, 0.4) is 0 Å². The highest BCUT2D eigenvalue weighted by Crippen LogP contribution is 2.32. The second-order valence-electron chi connectivity index (χ2n) is 7.10. The zero-order valence-corrected chi connectivity index (χ0v) is 17.4. The lowest BCUT2D eigenvalue weighted by Gasteiger charge is -2.19. The Labute approximate surface area is 177 Å². The molecule has 1 saturated heterocycles. The third-order valence-electron chi connectivity index (χ3n) is 4.80. The number of nitrogens with zero attached hydrogens (tertiary/aromatic N) is 2. The number of cyclic esters (lactones) is 1. The first-order valence-corrected chi connectivity index (χ1v) is 11.2. The van der Waals surface area contributed by atoms with Crippen molar-refractivity contribution in [2.75, 3.05) is 36.1 Å². The molecule has 2 aliphatic rings. The zero-order valence-electron chi connectivity index (χ0n) is 16.6. The van der Waals surface area contributed by atoms with E-state index in [1.165, 1.54) is 13.0 Å². The number of aliphatic hydroxyl groups is 1. The highest BCUT2D eigenvalue weighted by Gasteiger charge is 2.33. The Balaban J connectivity index is 1.81. The van der Waals surface area contributed by atoms with Crippen LogP contribution in [0.15, 0.2) is 22.6 Å². The van der Waals surface area contributed by atoms with Gasteiger partial charge in [-0.2, -0.15) is 4.36 Å². The Morgan fingerprint density at radius 1 is 1.35 bits per heavy atom. The summed E-state index contributed by atoms with van der Waals surface area (Å²) in [7, 11) is -2.92. The van der Waals surface area contributed by atoms with Crippen molar-refractivity contribution >= 4 is 38.9 Å². The smallest absolute Gasteiger partial charge is 0.414 e. The minimum Gasteiger partial charge on any atom is -0.442 e. The SMILES string of the molecule is CC(=O)NC[C@H]1CN(c2cc(F)c(C3=CCS(=O)(=NC(=O)CO)CC3)c(F)c2)C(=O)O1. The van der Waals surface area contributed by atoms with Crippen molar-refractivity contribution in [2.24, 2.45) is 4.36 Å². The van der Waals surface area contributed by atoms with Crippen LogP contribution in [-0.2, 0) is 24.1 Å². The lowest BCUT2D eigenvalue weighted by Crippen LogP contribution is -2.33. The molecule has 12 heteroatoms. The number of halogens is 2. The van der Waals surface area contributed by atoms with Gasteiger partial charge in [-0.3, -0.25) is 14.5 Å². The van der Waals surface area contributed by atoms with Gasteiger partial charge in [0.1, 0.15) is 24.3 Å². The predicted octanol–water partition coefficient (Wildman–Crippen LogP) is 1.20. The maximum absolute atomic E-state index is 14.8. The normalized spacial score (nSPS) is 23.2. The number of carbonyl (C=O) groups excluding carboxylic acids is 3. The van der Waals surface area contributed by atoms with Gasteiger partial charge < -0.3 is 15.2 Å². The van der Waals surface area contributed by atoms with Crippen LogP contribution in [0.1, 0.15) is 18.9 Å². The number of ether oxygens (including phenoxy) is 1. The van der Waals surface area contributed by atoms with Gasteiger partial charge in [-0.1, -0.05) is 6.08 Å². The van der Waals surface area contributed by atoms with Crippen molar-refractivity contribution in [1.29, 1.82) is 0 Å². The van der Waals surface area contributed by atoms with Crippen LogP contribution < -0.4 is 10.2 Å². The molecule has 0 bridgehead atoms. The molecule has 2 heterocycles. The van der Waals surface area contributed by atoms with Gasteiger partial charge in [0.2, 0.25) is 5.91 Å². The highest BCUT2D eigenvalue weighted by atomic mass is 32.2. The van der Waals surface area contributed by atoms with Crippen LogP contribution >= 0.6 is 0 Å². The molecule has 31 heavy (non-hydrogen) atoms. The Morgan fingerprint density at radius 2 is 2.03 bits per heavy atom. The average molecular weight is 457 g/mol. The first kappa shape index (κ1) is 22.8. The van der Waals surface area contributed by atoms with Gasteiger partial charge in [0.25, 0.3) is 5.91 Å². The standard InChI is InChI=1S/C19H21F2N3O6S/c1-11(26)22-8-14-9-24(19(28)30-14)13-6-15(20)18(16(21)7-13)12-2-4-31(29,5-3-12)23-17(27)10-25/h2,6-7,14,25H,3-5,8-10H2,1H3,(H,22,26)/t14-,31?/m0/s1. The molecule has 3 rings (SSSR count). The number of rotatable bonds is 5. The molecule has 0 aromatic heterocycles. The number of carbonyl (C=O) groups is 3. The molecule has 2 atom stereocenters.